The van der Waals surface area contributed by atoms with Crippen LogP contribution in [0.3, 0.4) is 0 Å². The third-order valence-electron chi connectivity index (χ3n) is 6.42. The molecule has 1 aromatic heterocycles. The highest BCUT2D eigenvalue weighted by Gasteiger charge is 2.33. The van der Waals surface area contributed by atoms with E-state index in [2.05, 4.69) is 5.32 Å². The highest BCUT2D eigenvalue weighted by molar-refractivity contribution is 7.92. The lowest BCUT2D eigenvalue weighted by Gasteiger charge is -2.23. The Labute approximate surface area is 220 Å². The first-order chi connectivity index (χ1) is 18.3. The average molecular weight is 527 g/mol. The molecule has 0 aliphatic heterocycles. The van der Waals surface area contributed by atoms with Crippen LogP contribution < -0.4 is 15.2 Å². The van der Waals surface area contributed by atoms with Crippen LogP contribution in [0.2, 0.25) is 0 Å². The van der Waals surface area contributed by atoms with Crippen molar-refractivity contribution in [2.24, 2.45) is 7.05 Å². The van der Waals surface area contributed by atoms with E-state index in [1.54, 1.807) is 67.2 Å². The number of aromatic nitrogens is 2. The lowest BCUT2D eigenvalue weighted by Crippen LogP contribution is -2.41. The van der Waals surface area contributed by atoms with E-state index in [0.29, 0.717) is 17.1 Å². The van der Waals surface area contributed by atoms with Gasteiger partial charge in [-0.05, 0) is 54.1 Å². The molecule has 0 saturated carbocycles. The van der Waals surface area contributed by atoms with Crippen LogP contribution in [-0.4, -0.2) is 30.2 Å². The van der Waals surface area contributed by atoms with Crippen LogP contribution >= 0.6 is 0 Å². The minimum atomic E-state index is -4.26. The molecule has 1 amide bonds. The lowest BCUT2D eigenvalue weighted by atomic mass is 10.1. The van der Waals surface area contributed by atoms with Gasteiger partial charge >= 0.3 is 0 Å². The van der Waals surface area contributed by atoms with Crippen molar-refractivity contribution >= 4 is 38.1 Å². The van der Waals surface area contributed by atoms with Crippen LogP contribution in [0.1, 0.15) is 5.69 Å². The summed E-state index contributed by atoms with van der Waals surface area (Å²) >= 11 is 0. The molecule has 0 aliphatic rings. The van der Waals surface area contributed by atoms with E-state index in [9.17, 15) is 18.0 Å². The molecule has 0 atom stereocenters. The summed E-state index contributed by atoms with van der Waals surface area (Å²) in [5.74, 6) is -0.575. The molecule has 8 nitrogen and oxygen atoms in total. The third-order valence-corrected chi connectivity index (χ3v) is 8.18. The van der Waals surface area contributed by atoms with Gasteiger partial charge in [-0.2, -0.15) is 0 Å². The van der Waals surface area contributed by atoms with Gasteiger partial charge in [0, 0.05) is 12.7 Å². The Hall–Kier alpha value is -4.63. The quantitative estimate of drug-likeness (QED) is 0.339. The molecular formula is C29H26N4O4S. The van der Waals surface area contributed by atoms with Crippen molar-refractivity contribution in [3.05, 3.63) is 119 Å². The van der Waals surface area contributed by atoms with Crippen molar-refractivity contribution in [2.45, 2.75) is 11.8 Å². The van der Waals surface area contributed by atoms with Crippen molar-refractivity contribution in [2.75, 3.05) is 16.2 Å². The van der Waals surface area contributed by atoms with Gasteiger partial charge in [0.05, 0.1) is 16.3 Å². The largest absolute Gasteiger partial charge is 0.324 e. The van der Waals surface area contributed by atoms with E-state index in [4.69, 9.17) is 0 Å². The summed E-state index contributed by atoms with van der Waals surface area (Å²) in [7, 11) is -2.58. The van der Waals surface area contributed by atoms with Crippen LogP contribution in [-0.2, 0) is 21.9 Å². The van der Waals surface area contributed by atoms with Crippen molar-refractivity contribution in [1.29, 1.82) is 0 Å². The molecule has 9 heteroatoms. The number of sulfonamides is 1. The lowest BCUT2D eigenvalue weighted by molar-refractivity contribution is -0.114. The second-order valence-corrected chi connectivity index (χ2v) is 10.7. The molecule has 0 saturated heterocycles. The monoisotopic (exact) mass is 526 g/mol. The van der Waals surface area contributed by atoms with E-state index >= 15 is 0 Å². The summed E-state index contributed by atoms with van der Waals surface area (Å²) in [4.78, 5) is 27.0. The van der Waals surface area contributed by atoms with Gasteiger partial charge in [-0.25, -0.2) is 17.4 Å². The number of amides is 1. The number of para-hydroxylation sites is 1. The molecular weight excluding hydrogens is 500 g/mol. The molecule has 1 heterocycles. The average Bonchev–Trinajstić information content (AvgIpc) is 3.15. The Morgan fingerprint density at radius 1 is 0.842 bits per heavy atom. The molecule has 5 aromatic rings. The van der Waals surface area contributed by atoms with Crippen molar-refractivity contribution < 1.29 is 13.2 Å². The Morgan fingerprint density at radius 3 is 2.13 bits per heavy atom. The van der Waals surface area contributed by atoms with Crippen LogP contribution in [0.5, 0.6) is 0 Å². The molecule has 4 aromatic carbocycles. The summed E-state index contributed by atoms with van der Waals surface area (Å²) in [5, 5.41) is 4.74. The van der Waals surface area contributed by atoms with Gasteiger partial charge in [0.25, 0.3) is 15.6 Å². The zero-order chi connectivity index (χ0) is 26.9. The Bertz CT molecular complexity index is 1790. The topological polar surface area (TPSA) is 93.4 Å². The minimum absolute atomic E-state index is 0.0209. The number of nitrogens with one attached hydrogen (secondary N) is 1. The Balaban J connectivity index is 1.58. The Kier molecular flexibility index (Phi) is 6.61. The number of rotatable bonds is 7. The van der Waals surface area contributed by atoms with Crippen LogP contribution in [0, 0.1) is 6.92 Å². The summed E-state index contributed by atoms with van der Waals surface area (Å²) in [6.07, 6.45) is 0. The zero-order valence-electron chi connectivity index (χ0n) is 20.9. The summed E-state index contributed by atoms with van der Waals surface area (Å²) < 4.78 is 31.6. The van der Waals surface area contributed by atoms with E-state index in [0.717, 1.165) is 15.1 Å². The van der Waals surface area contributed by atoms with Crippen molar-refractivity contribution in [3.8, 4) is 5.69 Å². The van der Waals surface area contributed by atoms with Crippen molar-refractivity contribution in [1.82, 2.24) is 9.36 Å². The van der Waals surface area contributed by atoms with Crippen molar-refractivity contribution in [3.63, 3.8) is 0 Å². The van der Waals surface area contributed by atoms with Gasteiger partial charge in [-0.15, -0.1) is 0 Å². The van der Waals surface area contributed by atoms with Gasteiger partial charge < -0.3 is 5.32 Å². The molecule has 0 unspecified atom stereocenters. The molecule has 0 radical (unpaired) electrons. The maximum absolute atomic E-state index is 13.8. The highest BCUT2D eigenvalue weighted by atomic mass is 32.2. The molecule has 0 fully saturated rings. The van der Waals surface area contributed by atoms with Gasteiger partial charge in [0.2, 0.25) is 5.91 Å². The van der Waals surface area contributed by atoms with E-state index in [-0.39, 0.29) is 10.6 Å². The third kappa shape index (κ3) is 4.59. The normalized spacial score (nSPS) is 11.4. The number of nitrogens with zero attached hydrogens (tertiary/aromatic N) is 3. The van der Waals surface area contributed by atoms with E-state index in [1.165, 1.54) is 16.8 Å². The summed E-state index contributed by atoms with van der Waals surface area (Å²) in [6, 6.07) is 29.9. The SMILES string of the molecule is Cc1c(N(CC(=O)Nc2ccc3ccccc3c2)S(=O)(=O)c2ccccc2)c(=O)n(-c2ccccc2)n1C. The van der Waals surface area contributed by atoms with Gasteiger partial charge in [-0.3, -0.25) is 14.3 Å². The first kappa shape index (κ1) is 25.0. The molecule has 0 bridgehead atoms. The first-order valence-electron chi connectivity index (χ1n) is 12.0. The maximum atomic E-state index is 13.8. The summed E-state index contributed by atoms with van der Waals surface area (Å²) in [5.41, 5.74) is 0.865. The standard InChI is InChI=1S/C29H26N4O4S/c1-21-28(29(35)33(31(21)2)25-13-5-3-6-14-25)32(38(36,37)26-15-7-4-8-16-26)20-27(34)30-24-18-17-22-11-9-10-12-23(22)19-24/h3-19H,20H2,1-2H3,(H,30,34). The fourth-order valence-electron chi connectivity index (χ4n) is 4.44. The number of hydrogen-bond donors (Lipinski definition) is 1. The first-order valence-corrected chi connectivity index (χ1v) is 13.4. The molecule has 0 spiro atoms. The van der Waals surface area contributed by atoms with Gasteiger partial charge in [-0.1, -0.05) is 66.7 Å². The second-order valence-electron chi connectivity index (χ2n) is 8.84. The number of carbonyl (C=O) groups excluding carboxylic acids is 1. The molecule has 5 rings (SSSR count). The van der Waals surface area contributed by atoms with Crippen LogP contribution in [0.4, 0.5) is 11.4 Å². The maximum Gasteiger partial charge on any atom is 0.296 e. The number of benzene rings is 4. The predicted octanol–water partition coefficient (Wildman–Crippen LogP) is 4.47. The summed E-state index contributed by atoms with van der Waals surface area (Å²) in [6.45, 7) is 1.07. The van der Waals surface area contributed by atoms with Crippen LogP contribution in [0.15, 0.2) is 113 Å². The van der Waals surface area contributed by atoms with Crippen LogP contribution in [0.25, 0.3) is 16.5 Å². The number of anilines is 2. The fraction of sp³-hybridized carbons (Fsp3) is 0.103. The number of fused-ring (bicyclic) bond motifs is 1. The zero-order valence-corrected chi connectivity index (χ0v) is 21.7. The molecule has 0 aliphatic carbocycles. The predicted molar refractivity (Wildman–Crippen MR) is 149 cm³/mol. The second kappa shape index (κ2) is 10.0. The number of carbonyl (C=O) groups is 1. The fourth-order valence-corrected chi connectivity index (χ4v) is 5.94. The molecule has 38 heavy (non-hydrogen) atoms. The van der Waals surface area contributed by atoms with Gasteiger partial charge in [0.15, 0.2) is 0 Å². The highest BCUT2D eigenvalue weighted by Crippen LogP contribution is 2.26. The smallest absolute Gasteiger partial charge is 0.296 e. The molecule has 192 valence electrons. The van der Waals surface area contributed by atoms with E-state index in [1.807, 2.05) is 42.5 Å². The minimum Gasteiger partial charge on any atom is -0.324 e. The number of hydrogen-bond acceptors (Lipinski definition) is 4. The van der Waals surface area contributed by atoms with Gasteiger partial charge in [0.1, 0.15) is 12.2 Å². The Morgan fingerprint density at radius 2 is 1.45 bits per heavy atom. The van der Waals surface area contributed by atoms with E-state index < -0.39 is 28.0 Å². The molecule has 1 N–H and O–H groups in total.